The monoisotopic (exact) mass is 532 g/mol. The summed E-state index contributed by atoms with van der Waals surface area (Å²) in [4.78, 5) is 16.5. The summed E-state index contributed by atoms with van der Waals surface area (Å²) in [6.45, 7) is 2.52. The molecule has 0 aliphatic heterocycles. The number of ether oxygens (including phenoxy) is 1. The molecule has 0 aromatic carbocycles. The van der Waals surface area contributed by atoms with E-state index in [0.29, 0.717) is 5.69 Å². The predicted octanol–water partition coefficient (Wildman–Crippen LogP) is 3.11. The van der Waals surface area contributed by atoms with Gasteiger partial charge < -0.3 is 4.74 Å². The highest BCUT2D eigenvalue weighted by atomic mass is 35.5. The first kappa shape index (κ1) is 25.0. The quantitative estimate of drug-likeness (QED) is 0.464. The Labute approximate surface area is 203 Å². The van der Waals surface area contributed by atoms with Crippen LogP contribution >= 0.6 is 11.6 Å². The molecule has 4 rings (SSSR count). The van der Waals surface area contributed by atoms with Crippen molar-refractivity contribution in [1.82, 2.24) is 29.3 Å². The molecule has 0 unspecified atom stereocenters. The van der Waals surface area contributed by atoms with E-state index < -0.39 is 34.1 Å². The molecule has 35 heavy (non-hydrogen) atoms. The SMILES string of the molecule is Cc1nn(C)c(C)c1S(=O)(=O)NC(=O)c1ccc(-n2ccc(OCC3(C(F)(F)F)CC3)n2)nc1Cl. The molecule has 1 saturated carbocycles. The van der Waals surface area contributed by atoms with Gasteiger partial charge in [0.25, 0.3) is 15.9 Å². The van der Waals surface area contributed by atoms with Crippen molar-refractivity contribution >= 4 is 27.5 Å². The van der Waals surface area contributed by atoms with Crippen LogP contribution in [0.2, 0.25) is 5.15 Å². The van der Waals surface area contributed by atoms with Gasteiger partial charge in [0.1, 0.15) is 22.1 Å². The number of rotatable bonds is 7. The van der Waals surface area contributed by atoms with Crippen molar-refractivity contribution in [1.29, 1.82) is 0 Å². The van der Waals surface area contributed by atoms with Gasteiger partial charge in [-0.3, -0.25) is 9.48 Å². The van der Waals surface area contributed by atoms with Crippen molar-refractivity contribution < 1.29 is 31.1 Å². The summed E-state index contributed by atoms with van der Waals surface area (Å²) >= 11 is 6.12. The van der Waals surface area contributed by atoms with Gasteiger partial charge in [0, 0.05) is 19.3 Å². The zero-order valence-corrected chi connectivity index (χ0v) is 20.3. The molecular formula is C20H20ClF3N6O4S. The summed E-state index contributed by atoms with van der Waals surface area (Å²) in [5.41, 5.74) is -1.46. The van der Waals surface area contributed by atoms with Crippen LogP contribution in [0.3, 0.4) is 0 Å². The van der Waals surface area contributed by atoms with Gasteiger partial charge in [-0.2, -0.15) is 18.3 Å². The van der Waals surface area contributed by atoms with Gasteiger partial charge in [0.05, 0.1) is 17.0 Å². The van der Waals surface area contributed by atoms with Crippen LogP contribution in [0.5, 0.6) is 5.88 Å². The van der Waals surface area contributed by atoms with E-state index in [1.807, 2.05) is 4.72 Å². The molecule has 1 aliphatic rings. The lowest BCUT2D eigenvalue weighted by Gasteiger charge is -2.18. The van der Waals surface area contributed by atoms with E-state index in [9.17, 15) is 26.4 Å². The zero-order chi connectivity index (χ0) is 25.8. The molecular weight excluding hydrogens is 513 g/mol. The maximum Gasteiger partial charge on any atom is 0.397 e. The molecule has 0 radical (unpaired) electrons. The molecule has 1 N–H and O–H groups in total. The molecule has 3 aromatic heterocycles. The number of sulfonamides is 1. The molecule has 0 bridgehead atoms. The van der Waals surface area contributed by atoms with Crippen LogP contribution in [-0.2, 0) is 17.1 Å². The summed E-state index contributed by atoms with van der Waals surface area (Å²) in [7, 11) is -2.65. The first-order valence-corrected chi connectivity index (χ1v) is 12.1. The Morgan fingerprint density at radius 2 is 1.91 bits per heavy atom. The number of alkyl halides is 3. The van der Waals surface area contributed by atoms with E-state index in [0.717, 1.165) is 0 Å². The third kappa shape index (κ3) is 4.72. The molecule has 0 saturated heterocycles. The third-order valence-electron chi connectivity index (χ3n) is 5.77. The topological polar surface area (TPSA) is 121 Å². The predicted molar refractivity (Wildman–Crippen MR) is 117 cm³/mol. The van der Waals surface area contributed by atoms with Crippen LogP contribution in [0.1, 0.15) is 34.6 Å². The summed E-state index contributed by atoms with van der Waals surface area (Å²) in [6.07, 6.45) is -2.93. The molecule has 1 aliphatic carbocycles. The molecule has 188 valence electrons. The van der Waals surface area contributed by atoms with Crippen LogP contribution in [0.25, 0.3) is 5.82 Å². The number of pyridine rings is 1. The van der Waals surface area contributed by atoms with Crippen molar-refractivity contribution in [2.45, 2.75) is 37.8 Å². The highest BCUT2D eigenvalue weighted by Gasteiger charge is 2.64. The Kier molecular flexibility index (Phi) is 6.08. The average Bonchev–Trinajstić information content (AvgIpc) is 3.33. The Balaban J connectivity index is 1.48. The van der Waals surface area contributed by atoms with Gasteiger partial charge in [0.15, 0.2) is 5.82 Å². The van der Waals surface area contributed by atoms with Crippen LogP contribution in [0, 0.1) is 19.3 Å². The van der Waals surface area contributed by atoms with Crippen LogP contribution in [-0.4, -0.2) is 51.7 Å². The van der Waals surface area contributed by atoms with Crippen molar-refractivity contribution in [3.05, 3.63) is 46.5 Å². The van der Waals surface area contributed by atoms with E-state index >= 15 is 0 Å². The summed E-state index contributed by atoms with van der Waals surface area (Å²) in [6, 6.07) is 3.97. The maximum absolute atomic E-state index is 13.1. The van der Waals surface area contributed by atoms with Crippen LogP contribution in [0.4, 0.5) is 13.2 Å². The molecule has 0 atom stereocenters. The fourth-order valence-corrected chi connectivity index (χ4v) is 5.12. The first-order chi connectivity index (χ1) is 16.2. The number of halogens is 4. The van der Waals surface area contributed by atoms with Gasteiger partial charge in [-0.05, 0) is 38.8 Å². The number of hydrogen-bond acceptors (Lipinski definition) is 7. The summed E-state index contributed by atoms with van der Waals surface area (Å²) in [5.74, 6) is -0.892. The minimum Gasteiger partial charge on any atom is -0.476 e. The smallest absolute Gasteiger partial charge is 0.397 e. The van der Waals surface area contributed by atoms with Gasteiger partial charge in [0.2, 0.25) is 5.88 Å². The summed E-state index contributed by atoms with van der Waals surface area (Å²) < 4.78 is 74.4. The van der Waals surface area contributed by atoms with E-state index in [1.165, 1.54) is 40.7 Å². The third-order valence-corrected chi connectivity index (χ3v) is 7.64. The molecule has 1 amide bonds. The van der Waals surface area contributed by atoms with Gasteiger partial charge in [-0.1, -0.05) is 11.6 Å². The Bertz CT molecular complexity index is 1410. The maximum atomic E-state index is 13.1. The lowest BCUT2D eigenvalue weighted by atomic mass is 10.1. The number of nitrogens with zero attached hydrogens (tertiary/aromatic N) is 5. The highest BCUT2D eigenvalue weighted by molar-refractivity contribution is 7.90. The van der Waals surface area contributed by atoms with E-state index in [-0.39, 0.29) is 45.8 Å². The van der Waals surface area contributed by atoms with E-state index in [2.05, 4.69) is 15.2 Å². The lowest BCUT2D eigenvalue weighted by Crippen LogP contribution is -2.31. The van der Waals surface area contributed by atoms with Crippen LogP contribution < -0.4 is 9.46 Å². The van der Waals surface area contributed by atoms with Crippen molar-refractivity contribution in [2.24, 2.45) is 12.5 Å². The Hall–Kier alpha value is -3.13. The zero-order valence-electron chi connectivity index (χ0n) is 18.7. The second-order valence-corrected chi connectivity index (χ2v) is 10.2. The Morgan fingerprint density at radius 1 is 1.23 bits per heavy atom. The molecule has 1 fully saturated rings. The average molecular weight is 533 g/mol. The highest BCUT2D eigenvalue weighted by Crippen LogP contribution is 2.57. The minimum atomic E-state index is -4.34. The number of nitrogens with one attached hydrogen (secondary N) is 1. The second kappa shape index (κ2) is 8.52. The number of aromatic nitrogens is 5. The standard InChI is InChI=1S/C20H20ClF3N6O4S/c1-11-16(12(2)29(3)26-11)35(32,33)28-18(31)13-4-5-14(25-17(13)21)30-9-6-15(27-30)34-10-19(7-8-19)20(22,23)24/h4-6,9H,7-8,10H2,1-3H3,(H,28,31). The number of hydrogen-bond donors (Lipinski definition) is 1. The molecule has 3 heterocycles. The minimum absolute atomic E-state index is 0.00748. The van der Waals surface area contributed by atoms with E-state index in [1.54, 1.807) is 14.0 Å². The molecule has 10 nitrogen and oxygen atoms in total. The number of aryl methyl sites for hydroxylation is 2. The van der Waals surface area contributed by atoms with Gasteiger partial charge in [-0.15, -0.1) is 5.10 Å². The van der Waals surface area contributed by atoms with Crippen LogP contribution in [0.15, 0.2) is 29.3 Å². The normalized spacial score (nSPS) is 15.2. The fourth-order valence-electron chi connectivity index (χ4n) is 3.48. The van der Waals surface area contributed by atoms with Gasteiger partial charge in [-0.25, -0.2) is 22.8 Å². The van der Waals surface area contributed by atoms with Gasteiger partial charge >= 0.3 is 6.18 Å². The lowest BCUT2D eigenvalue weighted by molar-refractivity contribution is -0.194. The van der Waals surface area contributed by atoms with Crippen molar-refractivity contribution in [3.8, 4) is 11.7 Å². The number of carbonyl (C=O) groups is 1. The molecule has 3 aromatic rings. The second-order valence-electron chi connectivity index (χ2n) is 8.23. The summed E-state index contributed by atoms with van der Waals surface area (Å²) in [5, 5.41) is 7.76. The molecule has 0 spiro atoms. The largest absolute Gasteiger partial charge is 0.476 e. The fraction of sp³-hybridized carbons (Fsp3) is 0.400. The Morgan fingerprint density at radius 3 is 2.46 bits per heavy atom. The van der Waals surface area contributed by atoms with Crippen molar-refractivity contribution in [3.63, 3.8) is 0 Å². The number of amides is 1. The first-order valence-electron chi connectivity index (χ1n) is 10.2. The van der Waals surface area contributed by atoms with E-state index in [4.69, 9.17) is 16.3 Å². The van der Waals surface area contributed by atoms with Crippen molar-refractivity contribution in [2.75, 3.05) is 6.61 Å². The number of carbonyl (C=O) groups excluding carboxylic acids is 1. The molecule has 15 heteroatoms.